The van der Waals surface area contributed by atoms with Crippen LogP contribution in [-0.2, 0) is 10.0 Å². The number of sulfonamides is 1. The van der Waals surface area contributed by atoms with Gasteiger partial charge in [-0.1, -0.05) is 30.3 Å². The Bertz CT molecular complexity index is 1440. The first-order valence-corrected chi connectivity index (χ1v) is 16.0. The number of rotatable bonds is 11. The fraction of sp³-hybridized carbons (Fsp3) is 0.355. The first-order valence-electron chi connectivity index (χ1n) is 13.8. The lowest BCUT2D eigenvalue weighted by Crippen LogP contribution is -2.43. The van der Waals surface area contributed by atoms with Gasteiger partial charge in [0.1, 0.15) is 23.4 Å². The molecule has 1 atom stereocenters. The molecule has 8 nitrogen and oxygen atoms in total. The molecule has 0 aromatic heterocycles. The second-order valence-electron chi connectivity index (χ2n) is 10.2. The number of likely N-dealkylation sites (tertiary alicyclic amines) is 1. The SMILES string of the molecule is COc1ccc(C2=COc3cc(OCCCCN4CCC(N(Br)S(=O)(=O)c5ccccc5)CC4)ccc3C2O)cc1. The van der Waals surface area contributed by atoms with E-state index in [1.807, 2.05) is 48.5 Å². The monoisotopic (exact) mass is 642 g/mol. The Kier molecular flexibility index (Phi) is 9.67. The number of aliphatic hydroxyl groups excluding tert-OH is 1. The van der Waals surface area contributed by atoms with E-state index in [4.69, 9.17) is 14.2 Å². The van der Waals surface area contributed by atoms with Crippen LogP contribution in [0.1, 0.15) is 42.9 Å². The third kappa shape index (κ3) is 6.95. The van der Waals surface area contributed by atoms with Gasteiger partial charge in [-0.05, 0) is 87.3 Å². The fourth-order valence-corrected chi connectivity index (χ4v) is 7.38. The summed E-state index contributed by atoms with van der Waals surface area (Å²) in [5, 5.41) is 10.9. The van der Waals surface area contributed by atoms with Crippen molar-refractivity contribution in [1.82, 2.24) is 8.23 Å². The van der Waals surface area contributed by atoms with Gasteiger partial charge in [0.25, 0.3) is 10.0 Å². The molecule has 0 saturated carbocycles. The number of hydrogen-bond donors (Lipinski definition) is 1. The number of methoxy groups -OCH3 is 1. The minimum Gasteiger partial charge on any atom is -0.497 e. The Hall–Kier alpha value is -2.89. The van der Waals surface area contributed by atoms with Crippen molar-refractivity contribution in [3.63, 3.8) is 0 Å². The Labute approximate surface area is 250 Å². The zero-order valence-corrected chi connectivity index (χ0v) is 25.4. The molecule has 1 saturated heterocycles. The maximum Gasteiger partial charge on any atom is 0.252 e. The van der Waals surface area contributed by atoms with E-state index in [0.717, 1.165) is 56.6 Å². The molecule has 0 spiro atoms. The number of halogens is 1. The van der Waals surface area contributed by atoms with Gasteiger partial charge in [0.2, 0.25) is 0 Å². The van der Waals surface area contributed by atoms with E-state index in [-0.39, 0.29) is 6.04 Å². The summed E-state index contributed by atoms with van der Waals surface area (Å²) in [6.07, 6.45) is 4.25. The van der Waals surface area contributed by atoms with Gasteiger partial charge < -0.3 is 24.2 Å². The maximum absolute atomic E-state index is 12.9. The normalized spacial score (nSPS) is 18.0. The smallest absolute Gasteiger partial charge is 0.252 e. The molecule has 3 aromatic rings. The molecule has 10 heteroatoms. The number of hydrogen-bond acceptors (Lipinski definition) is 7. The number of nitrogens with zero attached hydrogens (tertiary/aromatic N) is 2. The van der Waals surface area contributed by atoms with Gasteiger partial charge in [-0.25, -0.2) is 8.42 Å². The van der Waals surface area contributed by atoms with Crippen molar-refractivity contribution in [2.75, 3.05) is 33.4 Å². The van der Waals surface area contributed by atoms with Crippen LogP contribution in [0.2, 0.25) is 0 Å². The molecule has 41 heavy (non-hydrogen) atoms. The number of fused-ring (bicyclic) bond motifs is 1. The lowest BCUT2D eigenvalue weighted by atomic mass is 9.94. The first kappa shape index (κ1) is 29.6. The van der Waals surface area contributed by atoms with Crippen LogP contribution in [0.4, 0.5) is 0 Å². The van der Waals surface area contributed by atoms with E-state index < -0.39 is 16.1 Å². The molecule has 1 N–H and O–H groups in total. The number of aliphatic hydroxyl groups is 1. The van der Waals surface area contributed by atoms with Gasteiger partial charge in [0.15, 0.2) is 0 Å². The number of piperidine rings is 1. The predicted octanol–water partition coefficient (Wildman–Crippen LogP) is 5.79. The maximum atomic E-state index is 12.9. The highest BCUT2D eigenvalue weighted by atomic mass is 79.9. The van der Waals surface area contributed by atoms with Crippen LogP contribution < -0.4 is 14.2 Å². The summed E-state index contributed by atoms with van der Waals surface area (Å²) in [6, 6.07) is 21.5. The molecule has 1 fully saturated rings. The van der Waals surface area contributed by atoms with Crippen LogP contribution in [0.15, 0.2) is 84.0 Å². The molecule has 2 aliphatic rings. The molecule has 0 aliphatic carbocycles. The van der Waals surface area contributed by atoms with Crippen LogP contribution in [0, 0.1) is 0 Å². The largest absolute Gasteiger partial charge is 0.497 e. The van der Waals surface area contributed by atoms with E-state index >= 15 is 0 Å². The molecule has 5 rings (SSSR count). The lowest BCUT2D eigenvalue weighted by molar-refractivity contribution is 0.183. The lowest BCUT2D eigenvalue weighted by Gasteiger charge is -2.35. The molecular weight excluding hydrogens is 608 g/mol. The van der Waals surface area contributed by atoms with Gasteiger partial charge >= 0.3 is 0 Å². The molecular formula is C31H35BrN2O6S. The number of unbranched alkanes of at least 4 members (excludes halogenated alkanes) is 1. The number of ether oxygens (including phenoxy) is 3. The predicted molar refractivity (Wildman–Crippen MR) is 162 cm³/mol. The summed E-state index contributed by atoms with van der Waals surface area (Å²) in [7, 11) is -1.93. The van der Waals surface area contributed by atoms with Crippen molar-refractivity contribution >= 4 is 31.7 Å². The molecule has 0 bridgehead atoms. The summed E-state index contributed by atoms with van der Waals surface area (Å²) in [5.41, 5.74) is 2.27. The topological polar surface area (TPSA) is 88.5 Å². The minimum atomic E-state index is -3.55. The Morgan fingerprint density at radius 3 is 2.41 bits per heavy atom. The number of benzene rings is 3. The van der Waals surface area contributed by atoms with Gasteiger partial charge in [-0.3, -0.25) is 0 Å². The second kappa shape index (κ2) is 13.4. The molecule has 1 unspecified atom stereocenters. The third-order valence-corrected chi connectivity index (χ3v) is 10.9. The zero-order chi connectivity index (χ0) is 28.8. The van der Waals surface area contributed by atoms with Gasteiger partial charge in [0, 0.05) is 39.4 Å². The van der Waals surface area contributed by atoms with E-state index in [2.05, 4.69) is 21.0 Å². The van der Waals surface area contributed by atoms with Crippen molar-refractivity contribution in [3.8, 4) is 17.2 Å². The summed E-state index contributed by atoms with van der Waals surface area (Å²) in [5.74, 6) is 2.05. The average molecular weight is 644 g/mol. The van der Waals surface area contributed by atoms with Crippen LogP contribution in [-0.4, -0.2) is 61.1 Å². The highest BCUT2D eigenvalue weighted by molar-refractivity contribution is 9.08. The van der Waals surface area contributed by atoms with Crippen LogP contribution in [0.5, 0.6) is 17.2 Å². The fourth-order valence-electron chi connectivity index (χ4n) is 5.16. The highest BCUT2D eigenvalue weighted by Gasteiger charge is 2.32. The second-order valence-corrected chi connectivity index (χ2v) is 13.3. The molecule has 3 aromatic carbocycles. The quantitative estimate of drug-likeness (QED) is 0.209. The average Bonchev–Trinajstić information content (AvgIpc) is 3.01. The van der Waals surface area contributed by atoms with Gasteiger partial charge in [-0.2, -0.15) is 0 Å². The van der Waals surface area contributed by atoms with Crippen molar-refractivity contribution < 1.29 is 27.7 Å². The Morgan fingerprint density at radius 1 is 1.00 bits per heavy atom. The van der Waals surface area contributed by atoms with Crippen molar-refractivity contribution in [2.24, 2.45) is 0 Å². The van der Waals surface area contributed by atoms with Crippen molar-refractivity contribution in [3.05, 3.63) is 90.2 Å². The van der Waals surface area contributed by atoms with Crippen LogP contribution in [0.25, 0.3) is 5.57 Å². The van der Waals surface area contributed by atoms with E-state index in [1.54, 1.807) is 37.6 Å². The summed E-state index contributed by atoms with van der Waals surface area (Å²) in [4.78, 5) is 2.68. The third-order valence-electron chi connectivity index (χ3n) is 7.56. The Morgan fingerprint density at radius 2 is 1.71 bits per heavy atom. The molecule has 0 amide bonds. The molecule has 0 radical (unpaired) electrons. The highest BCUT2D eigenvalue weighted by Crippen LogP contribution is 2.41. The van der Waals surface area contributed by atoms with Crippen molar-refractivity contribution in [2.45, 2.75) is 42.7 Å². The van der Waals surface area contributed by atoms with E-state index in [9.17, 15) is 13.5 Å². The molecule has 2 aliphatic heterocycles. The van der Waals surface area contributed by atoms with Gasteiger partial charge in [-0.15, -0.1) is 3.33 Å². The summed E-state index contributed by atoms with van der Waals surface area (Å²) < 4.78 is 44.2. The van der Waals surface area contributed by atoms with Crippen LogP contribution >= 0.6 is 16.1 Å². The van der Waals surface area contributed by atoms with Gasteiger partial charge in [0.05, 0.1) is 24.9 Å². The van der Waals surface area contributed by atoms with E-state index in [1.165, 1.54) is 3.33 Å². The minimum absolute atomic E-state index is 0.0633. The zero-order valence-electron chi connectivity index (χ0n) is 23.0. The van der Waals surface area contributed by atoms with Crippen molar-refractivity contribution in [1.29, 1.82) is 0 Å². The first-order chi connectivity index (χ1) is 19.9. The van der Waals surface area contributed by atoms with Crippen LogP contribution in [0.3, 0.4) is 0 Å². The van der Waals surface area contributed by atoms with E-state index in [0.29, 0.717) is 34.1 Å². The Balaban J connectivity index is 1.04. The molecule has 218 valence electrons. The summed E-state index contributed by atoms with van der Waals surface area (Å²) in [6.45, 7) is 3.24. The summed E-state index contributed by atoms with van der Waals surface area (Å²) >= 11 is 3.34. The standard InChI is InChI=1S/C31H35BrN2O6S/c1-38-25-11-9-23(10-12-25)29-22-40-30-21-26(13-14-28(30)31(29)35)39-20-6-5-17-33-18-15-24(16-19-33)34(32)41(36,37)27-7-3-2-4-8-27/h2-4,7-14,21-22,24,31,35H,5-6,15-20H2,1H3. The molecule has 2 heterocycles.